The molecule has 0 unspecified atom stereocenters. The molecule has 0 atom stereocenters. The lowest BCUT2D eigenvalue weighted by Gasteiger charge is -1.98. The molecule has 1 aromatic heterocycles. The van der Waals surface area contributed by atoms with Gasteiger partial charge in [-0.25, -0.2) is 9.37 Å². The Morgan fingerprint density at radius 2 is 2.10 bits per heavy atom. The monoisotopic (exact) mass is 180 g/mol. The third-order valence-corrected chi connectivity index (χ3v) is 1.52. The summed E-state index contributed by atoms with van der Waals surface area (Å²) in [5.74, 6) is -0.721. The Labute approximate surface area is 66.8 Å². The second-order valence-corrected chi connectivity index (χ2v) is 2.39. The fraction of sp³-hybridized carbons (Fsp3) is 0. The number of nitrogen functional groups attached to an aromatic ring is 1. The number of hydrogen-bond donors (Lipinski definition) is 1. The Morgan fingerprint density at radius 3 is 2.60 bits per heavy atom. The third kappa shape index (κ3) is 1.15. The molecule has 1 heterocycles. The number of nitrogens with two attached hydrogens (primary N) is 1. The van der Waals surface area contributed by atoms with Gasteiger partial charge in [-0.1, -0.05) is 23.2 Å². The average molecular weight is 181 g/mol. The van der Waals surface area contributed by atoms with Crippen molar-refractivity contribution in [1.29, 1.82) is 0 Å². The van der Waals surface area contributed by atoms with E-state index in [1.807, 2.05) is 0 Å². The zero-order chi connectivity index (χ0) is 7.72. The van der Waals surface area contributed by atoms with Crippen molar-refractivity contribution in [3.63, 3.8) is 0 Å². The maximum Gasteiger partial charge on any atom is 0.169 e. The van der Waals surface area contributed by atoms with Crippen LogP contribution in [0.2, 0.25) is 10.2 Å². The van der Waals surface area contributed by atoms with Crippen molar-refractivity contribution < 1.29 is 4.39 Å². The fourth-order valence-corrected chi connectivity index (χ4v) is 0.741. The van der Waals surface area contributed by atoms with E-state index in [0.29, 0.717) is 0 Å². The number of hydrogen-bond acceptors (Lipinski definition) is 2. The lowest BCUT2D eigenvalue weighted by Crippen LogP contribution is -1.94. The van der Waals surface area contributed by atoms with Crippen LogP contribution in [0.25, 0.3) is 0 Å². The Morgan fingerprint density at radius 1 is 1.50 bits per heavy atom. The van der Waals surface area contributed by atoms with E-state index in [4.69, 9.17) is 28.9 Å². The van der Waals surface area contributed by atoms with Gasteiger partial charge >= 0.3 is 0 Å². The van der Waals surface area contributed by atoms with Gasteiger partial charge in [0.05, 0.1) is 11.2 Å². The van der Waals surface area contributed by atoms with Crippen LogP contribution >= 0.6 is 23.2 Å². The van der Waals surface area contributed by atoms with E-state index < -0.39 is 5.82 Å². The van der Waals surface area contributed by atoms with Crippen molar-refractivity contribution >= 4 is 28.9 Å². The van der Waals surface area contributed by atoms with Gasteiger partial charge < -0.3 is 5.73 Å². The van der Waals surface area contributed by atoms with Crippen molar-refractivity contribution in [2.75, 3.05) is 5.73 Å². The van der Waals surface area contributed by atoms with Gasteiger partial charge in [-0.3, -0.25) is 0 Å². The topological polar surface area (TPSA) is 38.9 Å². The molecule has 0 fully saturated rings. The number of pyridine rings is 1. The molecule has 5 heteroatoms. The van der Waals surface area contributed by atoms with E-state index in [-0.39, 0.29) is 15.9 Å². The summed E-state index contributed by atoms with van der Waals surface area (Å²) in [7, 11) is 0. The summed E-state index contributed by atoms with van der Waals surface area (Å²) < 4.78 is 12.6. The first-order valence-corrected chi connectivity index (χ1v) is 3.13. The highest BCUT2D eigenvalue weighted by Crippen LogP contribution is 2.24. The smallest absolute Gasteiger partial charge is 0.169 e. The Hall–Kier alpha value is -0.540. The van der Waals surface area contributed by atoms with Crippen LogP contribution in [-0.4, -0.2) is 4.98 Å². The van der Waals surface area contributed by atoms with Crippen molar-refractivity contribution in [2.24, 2.45) is 0 Å². The predicted octanol–water partition coefficient (Wildman–Crippen LogP) is 2.11. The van der Waals surface area contributed by atoms with E-state index in [9.17, 15) is 4.39 Å². The van der Waals surface area contributed by atoms with E-state index in [0.717, 1.165) is 6.20 Å². The van der Waals surface area contributed by atoms with Gasteiger partial charge in [0.15, 0.2) is 11.0 Å². The van der Waals surface area contributed by atoms with Gasteiger partial charge in [0, 0.05) is 0 Å². The normalized spacial score (nSPS) is 9.90. The van der Waals surface area contributed by atoms with Gasteiger partial charge in [-0.2, -0.15) is 0 Å². The van der Waals surface area contributed by atoms with E-state index in [1.165, 1.54) is 0 Å². The molecule has 0 aliphatic heterocycles. The average Bonchev–Trinajstić information content (AvgIpc) is 1.93. The molecule has 1 aromatic rings. The van der Waals surface area contributed by atoms with E-state index >= 15 is 0 Å². The minimum absolute atomic E-state index is 0.0677. The molecule has 0 amide bonds. The molecule has 0 saturated heterocycles. The zero-order valence-electron chi connectivity index (χ0n) is 4.74. The minimum Gasteiger partial charge on any atom is -0.394 e. The lowest BCUT2D eigenvalue weighted by molar-refractivity contribution is 0.631. The van der Waals surface area contributed by atoms with Gasteiger partial charge in [-0.15, -0.1) is 0 Å². The van der Waals surface area contributed by atoms with Gasteiger partial charge in [0.25, 0.3) is 0 Å². The summed E-state index contributed by atoms with van der Waals surface area (Å²) in [6.45, 7) is 0. The Kier molecular flexibility index (Phi) is 1.97. The van der Waals surface area contributed by atoms with E-state index in [2.05, 4.69) is 4.98 Å². The molecule has 54 valence electrons. The number of anilines is 1. The number of nitrogens with zero attached hydrogens (tertiary/aromatic N) is 1. The van der Waals surface area contributed by atoms with Crippen LogP contribution in [0.15, 0.2) is 6.20 Å². The summed E-state index contributed by atoms with van der Waals surface area (Å²) in [4.78, 5) is 3.51. The first-order chi connectivity index (χ1) is 4.63. The molecule has 0 aliphatic rings. The number of aromatic nitrogens is 1. The molecule has 2 nitrogen and oxygen atoms in total. The van der Waals surface area contributed by atoms with Crippen LogP contribution < -0.4 is 5.73 Å². The molecule has 2 N–H and O–H groups in total. The van der Waals surface area contributed by atoms with Crippen molar-refractivity contribution in [3.05, 3.63) is 22.2 Å². The molecule has 0 bridgehead atoms. The molecule has 0 spiro atoms. The standard InChI is InChI=1S/C5H3Cl2FN2/c6-2-1-10-5(7)4(9)3(2)8/h1H,9H2. The first kappa shape index (κ1) is 7.57. The van der Waals surface area contributed by atoms with Crippen LogP contribution in [0.1, 0.15) is 0 Å². The molecular formula is C5H3Cl2FN2. The van der Waals surface area contributed by atoms with Crippen LogP contribution in [0, 0.1) is 5.82 Å². The van der Waals surface area contributed by atoms with E-state index in [1.54, 1.807) is 0 Å². The molecule has 0 aromatic carbocycles. The number of rotatable bonds is 0. The summed E-state index contributed by atoms with van der Waals surface area (Å²) >= 11 is 10.7. The number of halogens is 3. The van der Waals surface area contributed by atoms with Gasteiger partial charge in [0.2, 0.25) is 0 Å². The molecule has 10 heavy (non-hydrogen) atoms. The maximum atomic E-state index is 12.6. The molecule has 0 saturated carbocycles. The first-order valence-electron chi connectivity index (χ1n) is 2.38. The zero-order valence-corrected chi connectivity index (χ0v) is 6.25. The van der Waals surface area contributed by atoms with Crippen molar-refractivity contribution in [1.82, 2.24) is 4.98 Å². The quantitative estimate of drug-likeness (QED) is 0.622. The second-order valence-electron chi connectivity index (χ2n) is 1.62. The second kappa shape index (κ2) is 2.60. The Bertz CT molecular complexity index is 237. The largest absolute Gasteiger partial charge is 0.394 e. The van der Waals surface area contributed by atoms with Crippen LogP contribution in [0.5, 0.6) is 0 Å². The predicted molar refractivity (Wildman–Crippen MR) is 38.6 cm³/mol. The van der Waals surface area contributed by atoms with Gasteiger partial charge in [0.1, 0.15) is 5.69 Å². The van der Waals surface area contributed by atoms with Gasteiger partial charge in [-0.05, 0) is 0 Å². The summed E-state index contributed by atoms with van der Waals surface area (Å²) in [6, 6.07) is 0. The Balaban J connectivity index is 3.34. The third-order valence-electron chi connectivity index (χ3n) is 0.960. The van der Waals surface area contributed by atoms with Crippen LogP contribution in [0.3, 0.4) is 0 Å². The highest BCUT2D eigenvalue weighted by molar-refractivity contribution is 6.34. The maximum absolute atomic E-state index is 12.6. The fourth-order valence-electron chi connectivity index (χ4n) is 0.459. The SMILES string of the molecule is Nc1c(Cl)ncc(Cl)c1F. The summed E-state index contributed by atoms with van der Waals surface area (Å²) in [5, 5.41) is -0.191. The highest BCUT2D eigenvalue weighted by atomic mass is 35.5. The van der Waals surface area contributed by atoms with Crippen LogP contribution in [0.4, 0.5) is 10.1 Å². The minimum atomic E-state index is -0.721. The summed E-state index contributed by atoms with van der Waals surface area (Å²) in [6.07, 6.45) is 1.11. The van der Waals surface area contributed by atoms with Crippen molar-refractivity contribution in [3.8, 4) is 0 Å². The summed E-state index contributed by atoms with van der Waals surface area (Å²) in [5.41, 5.74) is 4.92. The molecular weight excluding hydrogens is 178 g/mol. The highest BCUT2D eigenvalue weighted by Gasteiger charge is 2.07. The molecule has 0 radical (unpaired) electrons. The molecule has 1 rings (SSSR count). The van der Waals surface area contributed by atoms with Crippen LogP contribution in [-0.2, 0) is 0 Å². The lowest BCUT2D eigenvalue weighted by atomic mass is 10.4. The van der Waals surface area contributed by atoms with Crippen molar-refractivity contribution in [2.45, 2.75) is 0 Å². The molecule has 0 aliphatic carbocycles.